The van der Waals surface area contributed by atoms with Crippen molar-refractivity contribution in [1.29, 1.82) is 0 Å². The number of nitrogens with one attached hydrogen (secondary N) is 1. The fourth-order valence-electron chi connectivity index (χ4n) is 0.790. The molecule has 0 saturated heterocycles. The molecule has 15 heavy (non-hydrogen) atoms. The third kappa shape index (κ3) is 3.39. The number of hydrogen-bond acceptors (Lipinski definition) is 4. The van der Waals surface area contributed by atoms with Crippen LogP contribution in [0, 0.1) is 0 Å². The van der Waals surface area contributed by atoms with Crippen LogP contribution in [0.5, 0.6) is 0 Å². The van der Waals surface area contributed by atoms with E-state index in [2.05, 4.69) is 9.46 Å². The van der Waals surface area contributed by atoms with Gasteiger partial charge in [0, 0.05) is 17.6 Å². The molecule has 1 aromatic carbocycles. The van der Waals surface area contributed by atoms with Gasteiger partial charge in [0.15, 0.2) is 0 Å². The second kappa shape index (κ2) is 4.97. The highest BCUT2D eigenvalue weighted by Crippen LogP contribution is 2.30. The van der Waals surface area contributed by atoms with Gasteiger partial charge in [-0.1, -0.05) is 18.2 Å². The lowest BCUT2D eigenvalue weighted by Gasteiger charge is -2.13. The van der Waals surface area contributed by atoms with Crippen molar-refractivity contribution in [3.8, 4) is 0 Å². The van der Waals surface area contributed by atoms with Crippen LogP contribution in [0.4, 0.5) is 14.5 Å². The number of carbonyl (C=O) groups is 1. The van der Waals surface area contributed by atoms with Crippen molar-refractivity contribution < 1.29 is 18.3 Å². The van der Waals surface area contributed by atoms with E-state index in [4.69, 9.17) is 0 Å². The van der Waals surface area contributed by atoms with Gasteiger partial charge >= 0.3 is 11.2 Å². The van der Waals surface area contributed by atoms with Gasteiger partial charge in [-0.15, -0.1) is 0 Å². The molecule has 0 unspecified atom stereocenters. The number of alkyl halides is 2. The Morgan fingerprint density at radius 2 is 2.00 bits per heavy atom. The average molecular weight is 233 g/mol. The van der Waals surface area contributed by atoms with Crippen molar-refractivity contribution in [2.24, 2.45) is 0 Å². The fraction of sp³-hybridized carbons (Fsp3) is 0.222. The molecule has 1 aromatic rings. The molecule has 0 aromatic heterocycles. The molecule has 3 nitrogen and oxygen atoms in total. The Morgan fingerprint density at radius 3 is 2.53 bits per heavy atom. The molecule has 0 radical (unpaired) electrons. The number of benzene rings is 1. The summed E-state index contributed by atoms with van der Waals surface area (Å²) in [6.45, 7) is 0. The van der Waals surface area contributed by atoms with Crippen LogP contribution in [0.15, 0.2) is 30.3 Å². The number of carbonyl (C=O) groups excluding carboxylic acids is 1. The van der Waals surface area contributed by atoms with E-state index in [1.54, 1.807) is 30.3 Å². The number of esters is 1. The van der Waals surface area contributed by atoms with Gasteiger partial charge in [-0.3, -0.25) is 0 Å². The van der Waals surface area contributed by atoms with Gasteiger partial charge in [-0.2, -0.15) is 8.78 Å². The summed E-state index contributed by atoms with van der Waals surface area (Å²) >= 11 is 0.00662. The maximum atomic E-state index is 12.9. The van der Waals surface area contributed by atoms with Crippen molar-refractivity contribution in [2.75, 3.05) is 11.8 Å². The number of para-hydroxylation sites is 1. The van der Waals surface area contributed by atoms with Gasteiger partial charge in [0.1, 0.15) is 0 Å². The van der Waals surface area contributed by atoms with E-state index >= 15 is 0 Å². The van der Waals surface area contributed by atoms with E-state index < -0.39 is 11.2 Å². The first-order chi connectivity index (χ1) is 7.06. The first-order valence-corrected chi connectivity index (χ1v) is 4.83. The van der Waals surface area contributed by atoms with Gasteiger partial charge in [0.2, 0.25) is 0 Å². The largest absolute Gasteiger partial charge is 0.464 e. The Kier molecular flexibility index (Phi) is 3.90. The van der Waals surface area contributed by atoms with Crippen molar-refractivity contribution in [1.82, 2.24) is 0 Å². The highest BCUT2D eigenvalue weighted by atomic mass is 32.2. The van der Waals surface area contributed by atoms with Crippen LogP contribution >= 0.6 is 11.9 Å². The van der Waals surface area contributed by atoms with Gasteiger partial charge < -0.3 is 9.46 Å². The zero-order valence-corrected chi connectivity index (χ0v) is 8.68. The number of halogens is 2. The average Bonchev–Trinajstić information content (AvgIpc) is 2.27. The van der Waals surface area contributed by atoms with Crippen molar-refractivity contribution in [2.45, 2.75) is 5.25 Å². The van der Waals surface area contributed by atoms with Crippen LogP contribution < -0.4 is 4.72 Å². The summed E-state index contributed by atoms with van der Waals surface area (Å²) in [5.74, 6) is -1.57. The molecule has 0 saturated carbocycles. The lowest BCUT2D eigenvalue weighted by atomic mass is 10.3. The van der Waals surface area contributed by atoms with Gasteiger partial charge in [-0.05, 0) is 12.1 Å². The fourth-order valence-corrected chi connectivity index (χ4v) is 1.34. The molecule has 0 fully saturated rings. The third-order valence-corrected chi connectivity index (χ3v) is 2.25. The topological polar surface area (TPSA) is 38.3 Å². The second-order valence-electron chi connectivity index (χ2n) is 2.58. The third-order valence-electron chi connectivity index (χ3n) is 1.49. The Hall–Kier alpha value is -1.30. The summed E-state index contributed by atoms with van der Waals surface area (Å²) in [6, 6.07) is 8.37. The highest BCUT2D eigenvalue weighted by molar-refractivity contribution is 8.02. The van der Waals surface area contributed by atoms with E-state index in [9.17, 15) is 13.6 Å². The minimum absolute atomic E-state index is 0.00662. The summed E-state index contributed by atoms with van der Waals surface area (Å²) < 4.78 is 32.2. The van der Waals surface area contributed by atoms with E-state index in [-0.39, 0.29) is 11.9 Å². The normalized spacial score (nSPS) is 10.9. The first-order valence-electron chi connectivity index (χ1n) is 4.01. The zero-order chi connectivity index (χ0) is 11.3. The van der Waals surface area contributed by atoms with Crippen LogP contribution in [-0.2, 0) is 9.53 Å². The number of hydrogen-bond donors (Lipinski definition) is 1. The maximum Gasteiger partial charge on any atom is 0.406 e. The number of methoxy groups -OCH3 is 1. The summed E-state index contributed by atoms with van der Waals surface area (Å²) in [5.41, 5.74) is 0.492. The van der Waals surface area contributed by atoms with Crippen LogP contribution in [-0.4, -0.2) is 18.3 Å². The monoisotopic (exact) mass is 233 g/mol. The maximum absolute atomic E-state index is 12.9. The van der Waals surface area contributed by atoms with Gasteiger partial charge in [-0.25, -0.2) is 4.79 Å². The molecule has 1 N–H and O–H groups in total. The summed E-state index contributed by atoms with van der Waals surface area (Å²) in [4.78, 5) is 10.6. The van der Waals surface area contributed by atoms with Crippen molar-refractivity contribution >= 4 is 23.6 Å². The predicted octanol–water partition coefficient (Wildman–Crippen LogP) is 2.51. The number of ether oxygens (including phenoxy) is 1. The van der Waals surface area contributed by atoms with E-state index in [1.165, 1.54) is 0 Å². The Labute approximate surface area is 89.9 Å². The van der Waals surface area contributed by atoms with Crippen molar-refractivity contribution in [3.05, 3.63) is 30.3 Å². The molecule has 0 spiro atoms. The lowest BCUT2D eigenvalue weighted by Crippen LogP contribution is -2.27. The molecule has 0 bridgehead atoms. The SMILES string of the molecule is COC(=O)C(F)(F)SNc1ccccc1. The standard InChI is InChI=1S/C9H9F2NO2S/c1-14-8(13)9(10,11)15-12-7-5-3-2-4-6-7/h2-6,12H,1H3. The smallest absolute Gasteiger partial charge is 0.406 e. The highest BCUT2D eigenvalue weighted by Gasteiger charge is 2.41. The molecule has 0 aliphatic carbocycles. The van der Waals surface area contributed by atoms with Crippen LogP contribution in [0.3, 0.4) is 0 Å². The summed E-state index contributed by atoms with van der Waals surface area (Å²) in [6.07, 6.45) is 0. The lowest BCUT2D eigenvalue weighted by molar-refractivity contribution is -0.156. The molecule has 0 aliphatic rings. The molecule has 1 rings (SSSR count). The van der Waals surface area contributed by atoms with Crippen LogP contribution in [0.2, 0.25) is 0 Å². The van der Waals surface area contributed by atoms with E-state index in [0.717, 1.165) is 7.11 Å². The molecular weight excluding hydrogens is 224 g/mol. The van der Waals surface area contributed by atoms with Gasteiger partial charge in [0.25, 0.3) is 0 Å². The predicted molar refractivity (Wildman–Crippen MR) is 54.6 cm³/mol. The molecule has 0 aliphatic heterocycles. The molecule has 6 heteroatoms. The van der Waals surface area contributed by atoms with E-state index in [0.29, 0.717) is 5.69 Å². The van der Waals surface area contributed by atoms with Crippen LogP contribution in [0.25, 0.3) is 0 Å². The molecular formula is C9H9F2NO2S. The van der Waals surface area contributed by atoms with Gasteiger partial charge in [0.05, 0.1) is 7.11 Å². The molecule has 0 atom stereocenters. The Balaban J connectivity index is 2.53. The van der Waals surface area contributed by atoms with Crippen molar-refractivity contribution in [3.63, 3.8) is 0 Å². The molecule has 0 heterocycles. The Bertz CT molecular complexity index is 332. The summed E-state index contributed by atoms with van der Waals surface area (Å²) in [7, 11) is 0.916. The first kappa shape index (κ1) is 11.8. The number of anilines is 1. The summed E-state index contributed by atoms with van der Waals surface area (Å²) in [5, 5.41) is -3.59. The Morgan fingerprint density at radius 1 is 1.40 bits per heavy atom. The molecule has 0 amide bonds. The van der Waals surface area contributed by atoms with E-state index in [1.807, 2.05) is 0 Å². The zero-order valence-electron chi connectivity index (χ0n) is 7.87. The number of rotatable bonds is 4. The quantitative estimate of drug-likeness (QED) is 0.640. The minimum Gasteiger partial charge on any atom is -0.464 e. The molecule has 82 valence electrons. The van der Waals surface area contributed by atoms with Crippen LogP contribution in [0.1, 0.15) is 0 Å². The second-order valence-corrected chi connectivity index (χ2v) is 3.50. The minimum atomic E-state index is -3.59.